The first-order chi connectivity index (χ1) is 14.7. The van der Waals surface area contributed by atoms with Crippen molar-refractivity contribution in [3.05, 3.63) is 65.1 Å². The van der Waals surface area contributed by atoms with E-state index in [-0.39, 0.29) is 28.6 Å². The predicted molar refractivity (Wildman–Crippen MR) is 116 cm³/mol. The second-order valence-corrected chi connectivity index (χ2v) is 8.31. The van der Waals surface area contributed by atoms with E-state index in [0.29, 0.717) is 11.4 Å². The Bertz CT molecular complexity index is 1180. The zero-order valence-corrected chi connectivity index (χ0v) is 17.3. The number of phenolic OH excluding ortho intramolecular Hbond substituents is 1. The van der Waals surface area contributed by atoms with Crippen LogP contribution in [0.4, 0.5) is 20.8 Å². The number of primary amides is 2. The van der Waals surface area contributed by atoms with Crippen LogP contribution in [0, 0.1) is 12.7 Å². The van der Waals surface area contributed by atoms with Crippen LogP contribution in [0.3, 0.4) is 0 Å². The summed E-state index contributed by atoms with van der Waals surface area (Å²) in [5.74, 6) is -2.36. The van der Waals surface area contributed by atoms with Gasteiger partial charge in [-0.3, -0.25) is 9.59 Å². The Morgan fingerprint density at radius 1 is 1.19 bits per heavy atom. The first kappa shape index (κ1) is 20.6. The summed E-state index contributed by atoms with van der Waals surface area (Å²) in [5, 5.41) is 16.1. The highest BCUT2D eigenvalue weighted by Crippen LogP contribution is 2.54. The van der Waals surface area contributed by atoms with E-state index >= 15 is 0 Å². The molecule has 1 heterocycles. The van der Waals surface area contributed by atoms with Crippen molar-refractivity contribution in [2.45, 2.75) is 24.8 Å². The minimum absolute atomic E-state index is 0.00816. The molecule has 1 unspecified atom stereocenters. The van der Waals surface area contributed by atoms with Gasteiger partial charge in [-0.1, -0.05) is 12.1 Å². The number of phenols is 1. The average molecular weight is 441 g/mol. The van der Waals surface area contributed by atoms with Crippen molar-refractivity contribution in [1.82, 2.24) is 4.37 Å². The molecule has 0 aliphatic heterocycles. The van der Waals surface area contributed by atoms with Gasteiger partial charge < -0.3 is 27.2 Å². The summed E-state index contributed by atoms with van der Waals surface area (Å²) in [4.78, 5) is 24.1. The van der Waals surface area contributed by atoms with E-state index in [0.717, 1.165) is 17.3 Å². The van der Waals surface area contributed by atoms with Gasteiger partial charge in [-0.25, -0.2) is 4.39 Å². The molecule has 7 N–H and O–H groups in total. The Kier molecular flexibility index (Phi) is 5.02. The number of aryl methyl sites for hydroxylation is 1. The van der Waals surface area contributed by atoms with E-state index in [9.17, 15) is 19.1 Å². The smallest absolute Gasteiger partial charge is 0.250 e. The van der Waals surface area contributed by atoms with Gasteiger partial charge in [0, 0.05) is 5.92 Å². The molecule has 2 aromatic carbocycles. The van der Waals surface area contributed by atoms with Crippen LogP contribution in [0.1, 0.15) is 34.0 Å². The van der Waals surface area contributed by atoms with E-state index in [1.807, 2.05) is 6.92 Å². The lowest BCUT2D eigenvalue weighted by atomic mass is 10.0. The van der Waals surface area contributed by atoms with Crippen LogP contribution >= 0.6 is 11.5 Å². The number of aromatic nitrogens is 1. The predicted octanol–water partition coefficient (Wildman–Crippen LogP) is 2.96. The Balaban J connectivity index is 1.68. The number of amides is 2. The maximum absolute atomic E-state index is 14.8. The number of anilines is 3. The molecule has 31 heavy (non-hydrogen) atoms. The molecule has 0 spiro atoms. The minimum Gasteiger partial charge on any atom is -0.508 e. The Hall–Kier alpha value is -3.66. The molecule has 0 saturated heterocycles. The fourth-order valence-corrected chi connectivity index (χ4v) is 4.29. The third kappa shape index (κ3) is 3.89. The zero-order valence-electron chi connectivity index (χ0n) is 16.5. The Labute approximate surface area is 181 Å². The van der Waals surface area contributed by atoms with E-state index < -0.39 is 23.2 Å². The first-order valence-electron chi connectivity index (χ1n) is 9.40. The molecule has 0 bridgehead atoms. The summed E-state index contributed by atoms with van der Waals surface area (Å²) in [6.07, 6.45) is 0.362. The molecule has 1 aromatic heterocycles. The van der Waals surface area contributed by atoms with Gasteiger partial charge in [-0.05, 0) is 60.8 Å². The molecule has 2 atom stereocenters. The van der Waals surface area contributed by atoms with Crippen molar-refractivity contribution < 1.29 is 19.1 Å². The van der Waals surface area contributed by atoms with Gasteiger partial charge in [0.1, 0.15) is 22.1 Å². The van der Waals surface area contributed by atoms with Gasteiger partial charge in [-0.15, -0.1) is 0 Å². The molecule has 10 heteroatoms. The molecule has 1 saturated carbocycles. The van der Waals surface area contributed by atoms with Gasteiger partial charge in [0.25, 0.3) is 5.91 Å². The summed E-state index contributed by atoms with van der Waals surface area (Å²) in [6.45, 7) is 1.82. The van der Waals surface area contributed by atoms with Crippen LogP contribution in [0.25, 0.3) is 0 Å². The van der Waals surface area contributed by atoms with Crippen molar-refractivity contribution in [2.75, 3.05) is 10.6 Å². The number of nitrogens with two attached hydrogens (primary N) is 2. The van der Waals surface area contributed by atoms with Crippen molar-refractivity contribution in [3.8, 4) is 5.75 Å². The number of nitrogens with zero attached hydrogens (tertiary/aromatic N) is 1. The van der Waals surface area contributed by atoms with E-state index in [4.69, 9.17) is 11.5 Å². The van der Waals surface area contributed by atoms with Crippen molar-refractivity contribution >= 4 is 39.7 Å². The minimum atomic E-state index is -1.19. The standard InChI is InChI=1S/C21H20FN5O3S/c1-10-6-18(31-27-10)25-16-8-17(15(22)7-13(16)19(23)29)26-21(20(24)30)9-14(21)11-2-4-12(28)5-3-11/h2-8,14,25-26,28H,9H2,1H3,(H2,23,29)(H2,24,30)/t14?,21-/m1/s1. The molecule has 8 nitrogen and oxygen atoms in total. The monoisotopic (exact) mass is 441 g/mol. The molecular weight excluding hydrogens is 421 g/mol. The number of carbonyl (C=O) groups is 2. The Morgan fingerprint density at radius 2 is 1.90 bits per heavy atom. The summed E-state index contributed by atoms with van der Waals surface area (Å²) >= 11 is 1.18. The third-order valence-corrected chi connectivity index (χ3v) is 6.11. The van der Waals surface area contributed by atoms with Crippen LogP contribution in [0.5, 0.6) is 5.75 Å². The number of halogens is 1. The lowest BCUT2D eigenvalue weighted by molar-refractivity contribution is -0.119. The maximum Gasteiger partial charge on any atom is 0.250 e. The van der Waals surface area contributed by atoms with Crippen LogP contribution in [-0.2, 0) is 4.79 Å². The molecule has 1 fully saturated rings. The van der Waals surface area contributed by atoms with Crippen LogP contribution in [0.15, 0.2) is 42.5 Å². The van der Waals surface area contributed by atoms with E-state index in [1.54, 1.807) is 18.2 Å². The van der Waals surface area contributed by atoms with Crippen molar-refractivity contribution in [2.24, 2.45) is 11.5 Å². The third-order valence-electron chi connectivity index (χ3n) is 5.31. The summed E-state index contributed by atoms with van der Waals surface area (Å²) in [6, 6.07) is 10.6. The van der Waals surface area contributed by atoms with Crippen LogP contribution in [-0.4, -0.2) is 26.8 Å². The quantitative estimate of drug-likeness (QED) is 0.381. The number of benzene rings is 2. The summed E-state index contributed by atoms with van der Waals surface area (Å²) in [5.41, 5.74) is 11.7. The van der Waals surface area contributed by atoms with Gasteiger partial charge in [0.15, 0.2) is 0 Å². The number of nitrogens with one attached hydrogen (secondary N) is 2. The number of aromatic hydroxyl groups is 1. The van der Waals surface area contributed by atoms with Gasteiger partial charge in [0.2, 0.25) is 5.91 Å². The molecule has 0 radical (unpaired) electrons. The molecular formula is C21H20FN5O3S. The Morgan fingerprint density at radius 3 is 2.48 bits per heavy atom. The molecule has 1 aliphatic rings. The number of rotatable bonds is 7. The van der Waals surface area contributed by atoms with Crippen LogP contribution in [0.2, 0.25) is 0 Å². The van der Waals surface area contributed by atoms with Gasteiger partial charge in [-0.2, -0.15) is 4.37 Å². The molecule has 4 rings (SSSR count). The number of hydrogen-bond donors (Lipinski definition) is 5. The normalized spacial score (nSPS) is 19.6. The zero-order chi connectivity index (χ0) is 22.3. The second kappa shape index (κ2) is 7.55. The molecule has 160 valence electrons. The van der Waals surface area contributed by atoms with Crippen LogP contribution < -0.4 is 22.1 Å². The summed E-state index contributed by atoms with van der Waals surface area (Å²) < 4.78 is 19.0. The van der Waals surface area contributed by atoms with E-state index in [2.05, 4.69) is 15.0 Å². The van der Waals surface area contributed by atoms with Gasteiger partial charge in [0.05, 0.1) is 22.6 Å². The van der Waals surface area contributed by atoms with Crippen molar-refractivity contribution in [3.63, 3.8) is 0 Å². The van der Waals surface area contributed by atoms with Crippen molar-refractivity contribution in [1.29, 1.82) is 0 Å². The number of carbonyl (C=O) groups excluding carboxylic acids is 2. The lowest BCUT2D eigenvalue weighted by Gasteiger charge is -2.20. The average Bonchev–Trinajstić information content (AvgIpc) is 3.30. The highest BCUT2D eigenvalue weighted by molar-refractivity contribution is 7.10. The molecule has 3 aromatic rings. The largest absolute Gasteiger partial charge is 0.508 e. The summed E-state index contributed by atoms with van der Waals surface area (Å²) in [7, 11) is 0. The highest BCUT2D eigenvalue weighted by Gasteiger charge is 2.60. The van der Waals surface area contributed by atoms with E-state index in [1.165, 1.54) is 29.7 Å². The lowest BCUT2D eigenvalue weighted by Crippen LogP contribution is -2.39. The number of hydrogen-bond acceptors (Lipinski definition) is 7. The fraction of sp³-hybridized carbons (Fsp3) is 0.190. The topological polar surface area (TPSA) is 143 Å². The maximum atomic E-state index is 14.8. The SMILES string of the molecule is Cc1cc(Nc2cc(N[C@]3(C(N)=O)CC3c3ccc(O)cc3)c(F)cc2C(N)=O)sn1. The first-order valence-corrected chi connectivity index (χ1v) is 10.2. The second-order valence-electron chi connectivity index (χ2n) is 7.51. The molecule has 2 amide bonds. The van der Waals surface area contributed by atoms with Gasteiger partial charge >= 0.3 is 0 Å². The highest BCUT2D eigenvalue weighted by atomic mass is 32.1. The molecule has 1 aliphatic carbocycles. The fourth-order valence-electron chi connectivity index (χ4n) is 3.62.